The van der Waals surface area contributed by atoms with E-state index in [0.29, 0.717) is 24.4 Å². The van der Waals surface area contributed by atoms with Crippen LogP contribution in [0.1, 0.15) is 0 Å². The Morgan fingerprint density at radius 1 is 0.848 bits per heavy atom. The first-order chi connectivity index (χ1) is 16.2. The Kier molecular flexibility index (Phi) is 5.81. The maximum atomic E-state index is 12.7. The SMILES string of the molecule is O=C(COc1ccc2c(-c3ccccc3)cc(=O)oc2c1)N1CCN(c2ccccc2)CC1. The molecule has 0 N–H and O–H groups in total. The van der Waals surface area contributed by atoms with Crippen molar-refractivity contribution in [1.29, 1.82) is 0 Å². The number of carbonyl (C=O) groups excluding carboxylic acids is 1. The Morgan fingerprint density at radius 3 is 2.27 bits per heavy atom. The van der Waals surface area contributed by atoms with Crippen LogP contribution in [-0.2, 0) is 4.79 Å². The second kappa shape index (κ2) is 9.20. The molecular formula is C27H24N2O4. The van der Waals surface area contributed by atoms with Crippen LogP contribution in [0.25, 0.3) is 22.1 Å². The van der Waals surface area contributed by atoms with E-state index < -0.39 is 5.63 Å². The molecule has 166 valence electrons. The fourth-order valence-corrected chi connectivity index (χ4v) is 4.18. The Morgan fingerprint density at radius 2 is 1.55 bits per heavy atom. The highest BCUT2D eigenvalue weighted by molar-refractivity contribution is 5.93. The third kappa shape index (κ3) is 4.60. The minimum absolute atomic E-state index is 0.0534. The fraction of sp³-hybridized carbons (Fsp3) is 0.185. The van der Waals surface area contributed by atoms with E-state index in [0.717, 1.165) is 29.6 Å². The van der Waals surface area contributed by atoms with Gasteiger partial charge in [-0.2, -0.15) is 0 Å². The normalized spacial score (nSPS) is 13.8. The third-order valence-corrected chi connectivity index (χ3v) is 5.92. The van der Waals surface area contributed by atoms with Crippen LogP contribution in [0.15, 0.2) is 94.1 Å². The number of fused-ring (bicyclic) bond motifs is 1. The summed E-state index contributed by atoms with van der Waals surface area (Å²) < 4.78 is 11.2. The maximum Gasteiger partial charge on any atom is 0.336 e. The van der Waals surface area contributed by atoms with Gasteiger partial charge in [-0.1, -0.05) is 48.5 Å². The maximum absolute atomic E-state index is 12.7. The fourth-order valence-electron chi connectivity index (χ4n) is 4.18. The Balaban J connectivity index is 1.25. The molecular weight excluding hydrogens is 416 g/mol. The lowest BCUT2D eigenvalue weighted by molar-refractivity contribution is -0.133. The lowest BCUT2D eigenvalue weighted by Crippen LogP contribution is -2.50. The van der Waals surface area contributed by atoms with Crippen molar-refractivity contribution in [2.45, 2.75) is 0 Å². The second-order valence-electron chi connectivity index (χ2n) is 8.00. The Bertz CT molecular complexity index is 1310. The molecule has 6 heteroatoms. The summed E-state index contributed by atoms with van der Waals surface area (Å²) in [6.07, 6.45) is 0. The largest absolute Gasteiger partial charge is 0.484 e. The average molecular weight is 440 g/mol. The number of anilines is 1. The Labute approximate surface area is 191 Å². The van der Waals surface area contributed by atoms with E-state index in [-0.39, 0.29) is 12.5 Å². The summed E-state index contributed by atoms with van der Waals surface area (Å²) in [6, 6.07) is 26.7. The molecule has 0 unspecified atom stereocenters. The molecule has 2 heterocycles. The quantitative estimate of drug-likeness (QED) is 0.436. The van der Waals surface area contributed by atoms with Crippen molar-refractivity contribution in [2.24, 2.45) is 0 Å². The summed E-state index contributed by atoms with van der Waals surface area (Å²) >= 11 is 0. The van der Waals surface area contributed by atoms with Crippen LogP contribution in [0.4, 0.5) is 5.69 Å². The molecule has 0 radical (unpaired) electrons. The van der Waals surface area contributed by atoms with Crippen molar-refractivity contribution in [3.63, 3.8) is 0 Å². The minimum Gasteiger partial charge on any atom is -0.484 e. The molecule has 1 fully saturated rings. The minimum atomic E-state index is -0.425. The smallest absolute Gasteiger partial charge is 0.336 e. The molecule has 1 aliphatic rings. The standard InChI is InChI=1S/C27H24N2O4/c30-26(29-15-13-28(14-16-29)21-9-5-2-6-10-21)19-32-22-11-12-23-24(20-7-3-1-4-8-20)18-27(31)33-25(23)17-22/h1-12,17-18H,13-16,19H2. The van der Waals surface area contributed by atoms with Crippen molar-refractivity contribution in [2.75, 3.05) is 37.7 Å². The van der Waals surface area contributed by atoms with E-state index in [4.69, 9.17) is 9.15 Å². The third-order valence-electron chi connectivity index (χ3n) is 5.92. The number of ether oxygens (including phenoxy) is 1. The summed E-state index contributed by atoms with van der Waals surface area (Å²) in [5, 5.41) is 0.816. The average Bonchev–Trinajstić information content (AvgIpc) is 2.87. The number of rotatable bonds is 5. The van der Waals surface area contributed by atoms with Gasteiger partial charge in [0.2, 0.25) is 0 Å². The molecule has 1 aliphatic heterocycles. The van der Waals surface area contributed by atoms with Gasteiger partial charge in [-0.25, -0.2) is 4.79 Å². The first kappa shape index (κ1) is 20.8. The molecule has 33 heavy (non-hydrogen) atoms. The van der Waals surface area contributed by atoms with Crippen molar-refractivity contribution in [1.82, 2.24) is 4.90 Å². The van der Waals surface area contributed by atoms with E-state index in [1.807, 2.05) is 59.5 Å². The molecule has 0 spiro atoms. The van der Waals surface area contributed by atoms with Gasteiger partial charge in [0.15, 0.2) is 6.61 Å². The number of nitrogens with zero attached hydrogens (tertiary/aromatic N) is 2. The predicted molar refractivity (Wildman–Crippen MR) is 129 cm³/mol. The van der Waals surface area contributed by atoms with Crippen molar-refractivity contribution in [3.05, 3.63) is 95.3 Å². The van der Waals surface area contributed by atoms with Gasteiger partial charge in [0, 0.05) is 49.4 Å². The van der Waals surface area contributed by atoms with Crippen LogP contribution >= 0.6 is 0 Å². The van der Waals surface area contributed by atoms with E-state index in [1.165, 1.54) is 11.8 Å². The summed E-state index contributed by atoms with van der Waals surface area (Å²) in [5.41, 5.74) is 2.93. The second-order valence-corrected chi connectivity index (χ2v) is 8.00. The van der Waals surface area contributed by atoms with Crippen LogP contribution in [0.5, 0.6) is 5.75 Å². The van der Waals surface area contributed by atoms with Crippen LogP contribution in [-0.4, -0.2) is 43.6 Å². The molecule has 0 saturated carbocycles. The summed E-state index contributed by atoms with van der Waals surface area (Å²) in [5.74, 6) is 0.439. The molecule has 6 nitrogen and oxygen atoms in total. The summed E-state index contributed by atoms with van der Waals surface area (Å²) in [7, 11) is 0. The van der Waals surface area contributed by atoms with Crippen LogP contribution in [0.3, 0.4) is 0 Å². The van der Waals surface area contributed by atoms with E-state index in [2.05, 4.69) is 17.0 Å². The van der Waals surface area contributed by atoms with Crippen molar-refractivity contribution < 1.29 is 13.9 Å². The lowest BCUT2D eigenvalue weighted by Gasteiger charge is -2.36. The van der Waals surface area contributed by atoms with Gasteiger partial charge >= 0.3 is 5.63 Å². The van der Waals surface area contributed by atoms with Crippen LogP contribution < -0.4 is 15.3 Å². The number of hydrogen-bond acceptors (Lipinski definition) is 5. The summed E-state index contributed by atoms with van der Waals surface area (Å²) in [6.45, 7) is 2.84. The van der Waals surface area contributed by atoms with E-state index in [1.54, 1.807) is 12.1 Å². The zero-order valence-electron chi connectivity index (χ0n) is 18.1. The van der Waals surface area contributed by atoms with Crippen molar-refractivity contribution in [3.8, 4) is 16.9 Å². The first-order valence-electron chi connectivity index (χ1n) is 11.0. The summed E-state index contributed by atoms with van der Waals surface area (Å²) in [4.78, 5) is 28.9. The molecule has 4 aromatic rings. The number of piperazine rings is 1. The van der Waals surface area contributed by atoms with Crippen LogP contribution in [0.2, 0.25) is 0 Å². The van der Waals surface area contributed by atoms with E-state index in [9.17, 15) is 9.59 Å². The molecule has 0 aliphatic carbocycles. The molecule has 5 rings (SSSR count). The number of amides is 1. The number of benzene rings is 3. The molecule has 3 aromatic carbocycles. The van der Waals surface area contributed by atoms with E-state index >= 15 is 0 Å². The monoisotopic (exact) mass is 440 g/mol. The first-order valence-corrected chi connectivity index (χ1v) is 11.0. The molecule has 1 amide bonds. The van der Waals surface area contributed by atoms with Crippen molar-refractivity contribution >= 4 is 22.6 Å². The number of para-hydroxylation sites is 1. The van der Waals surface area contributed by atoms with Gasteiger partial charge in [-0.05, 0) is 35.4 Å². The van der Waals surface area contributed by atoms with Gasteiger partial charge in [-0.15, -0.1) is 0 Å². The van der Waals surface area contributed by atoms with Crippen LogP contribution in [0, 0.1) is 0 Å². The molecule has 1 aromatic heterocycles. The number of carbonyl (C=O) groups is 1. The van der Waals surface area contributed by atoms with Gasteiger partial charge in [0.05, 0.1) is 0 Å². The highest BCUT2D eigenvalue weighted by Crippen LogP contribution is 2.29. The zero-order chi connectivity index (χ0) is 22.6. The number of hydrogen-bond donors (Lipinski definition) is 0. The highest BCUT2D eigenvalue weighted by atomic mass is 16.5. The lowest BCUT2D eigenvalue weighted by atomic mass is 10.0. The molecule has 0 atom stereocenters. The van der Waals surface area contributed by atoms with Gasteiger partial charge < -0.3 is 19.0 Å². The van der Waals surface area contributed by atoms with Gasteiger partial charge in [-0.3, -0.25) is 4.79 Å². The topological polar surface area (TPSA) is 63.0 Å². The zero-order valence-corrected chi connectivity index (χ0v) is 18.1. The Hall–Kier alpha value is -4.06. The highest BCUT2D eigenvalue weighted by Gasteiger charge is 2.21. The molecule has 1 saturated heterocycles. The van der Waals surface area contributed by atoms with Gasteiger partial charge in [0.1, 0.15) is 11.3 Å². The molecule has 0 bridgehead atoms. The van der Waals surface area contributed by atoms with Gasteiger partial charge in [0.25, 0.3) is 5.91 Å². The predicted octanol–water partition coefficient (Wildman–Crippen LogP) is 4.19.